The van der Waals surface area contributed by atoms with Gasteiger partial charge in [-0.2, -0.15) is 0 Å². The Labute approximate surface area is 442 Å². The van der Waals surface area contributed by atoms with Crippen molar-refractivity contribution in [3.63, 3.8) is 0 Å². The molecule has 0 fully saturated rings. The molecule has 0 radical (unpaired) electrons. The molecule has 0 aliphatic carbocycles. The second kappa shape index (κ2) is 17.0. The predicted octanol–water partition coefficient (Wildman–Crippen LogP) is 18.5. The van der Waals surface area contributed by atoms with Gasteiger partial charge in [-0.25, -0.2) is 4.98 Å². The molecular weight excluding hydrogens is 889 g/mol. The fourth-order valence-electron chi connectivity index (χ4n) is 10.4. The standard InChI is InChI=1S/C68H56N4O/c1-67(2,3)49-23-15-21-47(37-49)55-28-17-29-58-56-27-11-10-26-54(56)46-20-14-22-48(36-46)60-39-50(68(4,5)6)40-65(69-60)72-61-35-32-45(44-18-8-7-9-19-44)38-59(61)57-34-33-53(42-64(57)72)73-52-25-16-24-51(41-52)70-43-71(66(55)58)63-31-13-12-30-62(63)70/h7-42H,43H2,1-6H3/i7D,8D,9D,18D,19D,32D,33D,34D,35D,38D. The minimum absolute atomic E-state index is 0.00164. The van der Waals surface area contributed by atoms with Crippen molar-refractivity contribution in [2.75, 3.05) is 16.5 Å². The van der Waals surface area contributed by atoms with Crippen molar-refractivity contribution < 1.29 is 18.4 Å². The van der Waals surface area contributed by atoms with Gasteiger partial charge in [0.05, 0.1) is 47.5 Å². The Bertz CT molecular complexity index is 4550. The molecule has 11 aromatic rings. The van der Waals surface area contributed by atoms with Gasteiger partial charge in [0.2, 0.25) is 0 Å². The normalized spacial score (nSPS) is 15.0. The minimum Gasteiger partial charge on any atom is -0.457 e. The number of anilines is 4. The summed E-state index contributed by atoms with van der Waals surface area (Å²) in [6.07, 6.45) is 0. The summed E-state index contributed by atoms with van der Waals surface area (Å²) in [5.74, 6) is 0.675. The molecule has 2 aromatic heterocycles. The molecule has 13 rings (SSSR count). The summed E-state index contributed by atoms with van der Waals surface area (Å²) in [6.45, 7) is 13.4. The SMILES string of the molecule is [2H]c1c([2H])c([2H])c(-c2c([2H])c([2H])c3c(c2[2H])c2c([2H])c([2H])c4cc2n3-c2cc(C(C)(C)C)cc(n2)-c2cccc(c2)-c2ccccc2-c2cccc(-c3cccc(C(C)(C)C)c3)c2N2CN(c3cccc(c3)O4)c3ccccc32)c([2H])c1[2H]. The van der Waals surface area contributed by atoms with Crippen LogP contribution in [0.5, 0.6) is 11.5 Å². The Hall–Kier alpha value is -8.67. The Morgan fingerprint density at radius 3 is 1.96 bits per heavy atom. The van der Waals surface area contributed by atoms with E-state index >= 15 is 0 Å². The number of aromatic nitrogens is 2. The van der Waals surface area contributed by atoms with E-state index in [4.69, 9.17) is 16.6 Å². The second-order valence-electron chi connectivity index (χ2n) is 20.9. The molecule has 0 atom stereocenters. The van der Waals surface area contributed by atoms with Gasteiger partial charge in [0.1, 0.15) is 24.0 Å². The fourth-order valence-corrected chi connectivity index (χ4v) is 10.4. The van der Waals surface area contributed by atoms with Crippen LogP contribution in [0.15, 0.2) is 218 Å². The van der Waals surface area contributed by atoms with E-state index in [0.29, 0.717) is 23.9 Å². The number of ether oxygens (including phenoxy) is 1. The van der Waals surface area contributed by atoms with E-state index in [2.05, 4.69) is 148 Å². The molecule has 0 saturated carbocycles. The van der Waals surface area contributed by atoms with Crippen LogP contribution in [-0.4, -0.2) is 16.2 Å². The van der Waals surface area contributed by atoms with Crippen LogP contribution in [0, 0.1) is 0 Å². The summed E-state index contributed by atoms with van der Waals surface area (Å²) in [4.78, 5) is 10.0. The van der Waals surface area contributed by atoms with Crippen LogP contribution in [0.3, 0.4) is 0 Å². The smallest absolute Gasteiger partial charge is 0.138 e. The molecule has 0 unspecified atom stereocenters. The Morgan fingerprint density at radius 2 is 1.15 bits per heavy atom. The van der Waals surface area contributed by atoms with Gasteiger partial charge in [0, 0.05) is 45.3 Å². The average Bonchev–Trinajstić information content (AvgIpc) is 2.69. The van der Waals surface area contributed by atoms with E-state index in [9.17, 15) is 6.85 Å². The lowest BCUT2D eigenvalue weighted by Crippen LogP contribution is -2.25. The van der Waals surface area contributed by atoms with Crippen LogP contribution in [0.2, 0.25) is 0 Å². The van der Waals surface area contributed by atoms with Gasteiger partial charge in [-0.15, -0.1) is 0 Å². The number of benzene rings is 9. The van der Waals surface area contributed by atoms with E-state index in [1.165, 1.54) is 5.56 Å². The summed E-state index contributed by atoms with van der Waals surface area (Å²) in [6, 6.07) is 48.4. The first-order valence-electron chi connectivity index (χ1n) is 29.6. The zero-order valence-corrected chi connectivity index (χ0v) is 41.4. The maximum Gasteiger partial charge on any atom is 0.138 e. The maximum atomic E-state index is 9.95. The summed E-state index contributed by atoms with van der Waals surface area (Å²) in [7, 11) is 0. The molecule has 5 nitrogen and oxygen atoms in total. The highest BCUT2D eigenvalue weighted by Gasteiger charge is 2.32. The molecule has 0 amide bonds. The first kappa shape index (κ1) is 34.6. The van der Waals surface area contributed by atoms with Crippen LogP contribution in [-0.2, 0) is 10.8 Å². The molecule has 0 spiro atoms. The van der Waals surface area contributed by atoms with Crippen molar-refractivity contribution in [1.82, 2.24) is 9.55 Å². The van der Waals surface area contributed by atoms with Gasteiger partial charge in [-0.05, 0) is 122 Å². The maximum absolute atomic E-state index is 9.95. The highest BCUT2D eigenvalue weighted by molar-refractivity contribution is 6.11. The minimum atomic E-state index is -0.655. The van der Waals surface area contributed by atoms with E-state index in [1.54, 1.807) is 16.7 Å². The lowest BCUT2D eigenvalue weighted by molar-refractivity contribution is 0.483. The van der Waals surface area contributed by atoms with Crippen molar-refractivity contribution in [2.24, 2.45) is 0 Å². The quantitative estimate of drug-likeness (QED) is 0.173. The molecule has 5 heteroatoms. The number of hydrogen-bond acceptors (Lipinski definition) is 4. The van der Waals surface area contributed by atoms with Gasteiger partial charge in [-0.3, -0.25) is 4.57 Å². The summed E-state index contributed by atoms with van der Waals surface area (Å²) in [5.41, 5.74) is 12.3. The molecule has 2 aliphatic rings. The van der Waals surface area contributed by atoms with E-state index in [1.807, 2.05) is 48.5 Å². The van der Waals surface area contributed by atoms with Crippen LogP contribution >= 0.6 is 0 Å². The zero-order chi connectivity index (χ0) is 58.3. The zero-order valence-electron chi connectivity index (χ0n) is 51.4. The molecule has 10 bridgehead atoms. The van der Waals surface area contributed by atoms with E-state index in [-0.39, 0.29) is 50.6 Å². The fraction of sp³-hybridized carbons (Fsp3) is 0.132. The third-order valence-corrected chi connectivity index (χ3v) is 14.1. The molecule has 2 aliphatic heterocycles. The molecule has 0 N–H and O–H groups in total. The van der Waals surface area contributed by atoms with Crippen molar-refractivity contribution in [3.05, 3.63) is 229 Å². The molecule has 0 saturated heterocycles. The number of nitrogens with zero attached hydrogens (tertiary/aromatic N) is 4. The van der Waals surface area contributed by atoms with Crippen molar-refractivity contribution in [3.8, 4) is 73.1 Å². The number of hydrogen-bond donors (Lipinski definition) is 0. The molecule has 9 aromatic carbocycles. The van der Waals surface area contributed by atoms with Crippen LogP contribution < -0.4 is 14.5 Å². The topological polar surface area (TPSA) is 33.5 Å². The molecule has 73 heavy (non-hydrogen) atoms. The summed E-state index contributed by atoms with van der Waals surface area (Å²) in [5, 5.41) is 0.0487. The summed E-state index contributed by atoms with van der Waals surface area (Å²) < 4.78 is 101. The Balaban J connectivity index is 1.14. The Kier molecular flexibility index (Phi) is 8.06. The lowest BCUT2D eigenvalue weighted by atomic mass is 9.84. The number of para-hydroxylation sites is 3. The van der Waals surface area contributed by atoms with Gasteiger partial charge in [-0.1, -0.05) is 181 Å². The van der Waals surface area contributed by atoms with Crippen LogP contribution in [0.25, 0.3) is 83.4 Å². The highest BCUT2D eigenvalue weighted by Crippen LogP contribution is 2.52. The van der Waals surface area contributed by atoms with Gasteiger partial charge >= 0.3 is 0 Å². The van der Waals surface area contributed by atoms with E-state index < -0.39 is 59.3 Å². The average molecular weight is 955 g/mol. The largest absolute Gasteiger partial charge is 0.457 e. The van der Waals surface area contributed by atoms with Gasteiger partial charge < -0.3 is 14.5 Å². The van der Waals surface area contributed by atoms with Crippen LogP contribution in [0.4, 0.5) is 22.7 Å². The lowest BCUT2D eigenvalue weighted by Gasteiger charge is -2.28. The van der Waals surface area contributed by atoms with E-state index in [0.717, 1.165) is 67.3 Å². The molecular formula is C68H56N4O. The predicted molar refractivity (Wildman–Crippen MR) is 305 cm³/mol. The van der Waals surface area contributed by atoms with Crippen LogP contribution in [0.1, 0.15) is 66.4 Å². The van der Waals surface area contributed by atoms with Gasteiger partial charge in [0.15, 0.2) is 0 Å². The number of rotatable bonds is 2. The highest BCUT2D eigenvalue weighted by atomic mass is 16.5. The second-order valence-corrected chi connectivity index (χ2v) is 20.9. The Morgan fingerprint density at radius 1 is 0.466 bits per heavy atom. The van der Waals surface area contributed by atoms with Gasteiger partial charge in [0.25, 0.3) is 0 Å². The number of pyridine rings is 1. The molecule has 354 valence electrons. The first-order chi connectivity index (χ1) is 39.6. The first-order valence-corrected chi connectivity index (χ1v) is 24.6. The molecule has 4 heterocycles. The van der Waals surface area contributed by atoms with Crippen molar-refractivity contribution in [2.45, 2.75) is 52.4 Å². The summed E-state index contributed by atoms with van der Waals surface area (Å²) >= 11 is 0. The number of fused-ring (bicyclic) bond motifs is 23. The monoisotopic (exact) mass is 955 g/mol. The van der Waals surface area contributed by atoms with Crippen molar-refractivity contribution in [1.29, 1.82) is 0 Å². The third kappa shape index (κ3) is 7.75. The third-order valence-electron chi connectivity index (χ3n) is 14.1. The van der Waals surface area contributed by atoms with Crippen molar-refractivity contribution >= 4 is 44.6 Å².